The van der Waals surface area contributed by atoms with E-state index in [1.807, 2.05) is 33.7 Å². The second-order valence-corrected chi connectivity index (χ2v) is 10.00. The number of carbonyl (C=O) groups is 2. The molecule has 6 rings (SSSR count). The Hall–Kier alpha value is -2.94. The van der Waals surface area contributed by atoms with E-state index < -0.39 is 0 Å². The summed E-state index contributed by atoms with van der Waals surface area (Å²) in [5.41, 5.74) is 1.89. The number of likely N-dealkylation sites (tertiary alicyclic amines) is 1. The van der Waals surface area contributed by atoms with Gasteiger partial charge in [-0.05, 0) is 36.6 Å². The molecule has 0 aliphatic carbocycles. The van der Waals surface area contributed by atoms with E-state index in [0.29, 0.717) is 32.0 Å². The molecule has 0 spiro atoms. The Morgan fingerprint density at radius 1 is 1.09 bits per heavy atom. The maximum Gasteiger partial charge on any atom is 0.250 e. The molecule has 0 saturated carbocycles. The smallest absolute Gasteiger partial charge is 0.250 e. The number of hydrogen-bond donors (Lipinski definition) is 1. The average Bonchev–Trinajstić information content (AvgIpc) is 3.36. The second kappa shape index (κ2) is 7.30. The molecule has 32 heavy (non-hydrogen) atoms. The van der Waals surface area contributed by atoms with E-state index in [1.54, 1.807) is 17.0 Å². The van der Waals surface area contributed by atoms with Crippen LogP contribution in [-0.4, -0.2) is 51.1 Å². The highest BCUT2D eigenvalue weighted by molar-refractivity contribution is 9.10. The number of carbonyl (C=O) groups excluding carboxylic acids is 2. The van der Waals surface area contributed by atoms with Gasteiger partial charge in [0.15, 0.2) is 5.82 Å². The molecule has 2 amide bonds. The van der Waals surface area contributed by atoms with Crippen LogP contribution in [0.2, 0.25) is 0 Å². The number of anilines is 1. The predicted molar refractivity (Wildman–Crippen MR) is 122 cm³/mol. The predicted octanol–water partition coefficient (Wildman–Crippen LogP) is 2.49. The molecule has 2 bridgehead atoms. The molecule has 8 nitrogen and oxygen atoms in total. The van der Waals surface area contributed by atoms with Crippen LogP contribution in [0.3, 0.4) is 0 Å². The van der Waals surface area contributed by atoms with Crippen molar-refractivity contribution in [1.82, 2.24) is 19.7 Å². The van der Waals surface area contributed by atoms with Crippen LogP contribution in [0.25, 0.3) is 10.9 Å². The Bertz CT molecular complexity index is 1310. The van der Waals surface area contributed by atoms with E-state index in [2.05, 4.69) is 26.1 Å². The quantitative estimate of drug-likeness (QED) is 0.591. The molecule has 3 aliphatic rings. The number of aromatic amines is 1. The number of fused-ring (bicyclic) bond motifs is 5. The van der Waals surface area contributed by atoms with Crippen molar-refractivity contribution in [3.8, 4) is 0 Å². The van der Waals surface area contributed by atoms with E-state index in [4.69, 9.17) is 0 Å². The fraction of sp³-hybridized carbons (Fsp3) is 0.391. The molecular weight excluding hydrogens is 474 g/mol. The second-order valence-electron chi connectivity index (χ2n) is 9.08. The highest BCUT2D eigenvalue weighted by Crippen LogP contribution is 2.37. The average molecular weight is 496 g/mol. The Labute approximate surface area is 192 Å². The third kappa shape index (κ3) is 3.09. The van der Waals surface area contributed by atoms with Gasteiger partial charge in [-0.25, -0.2) is 0 Å². The first kappa shape index (κ1) is 19.7. The van der Waals surface area contributed by atoms with Crippen molar-refractivity contribution in [2.24, 2.45) is 11.8 Å². The van der Waals surface area contributed by atoms with Crippen LogP contribution in [0, 0.1) is 11.8 Å². The number of halogens is 1. The summed E-state index contributed by atoms with van der Waals surface area (Å²) in [5.74, 6) is 0.603. The van der Waals surface area contributed by atoms with Crippen LogP contribution in [0.15, 0.2) is 45.7 Å². The van der Waals surface area contributed by atoms with Crippen LogP contribution in [0.4, 0.5) is 5.82 Å². The zero-order valence-corrected chi connectivity index (χ0v) is 18.9. The van der Waals surface area contributed by atoms with Crippen LogP contribution in [0.1, 0.15) is 24.5 Å². The number of aromatic nitrogens is 3. The first-order chi connectivity index (χ1) is 15.5. The number of benzene rings is 1. The van der Waals surface area contributed by atoms with Crippen LogP contribution < -0.4 is 10.5 Å². The Morgan fingerprint density at radius 3 is 2.84 bits per heavy atom. The van der Waals surface area contributed by atoms with Crippen LogP contribution in [0.5, 0.6) is 0 Å². The number of nitrogens with zero attached hydrogens (tertiary/aromatic N) is 4. The third-order valence-electron chi connectivity index (χ3n) is 7.03. The van der Waals surface area contributed by atoms with Gasteiger partial charge in [-0.15, -0.1) is 0 Å². The Morgan fingerprint density at radius 2 is 1.97 bits per heavy atom. The molecule has 5 heterocycles. The summed E-state index contributed by atoms with van der Waals surface area (Å²) in [6, 6.07) is 11.2. The fourth-order valence-electron chi connectivity index (χ4n) is 5.60. The van der Waals surface area contributed by atoms with Gasteiger partial charge >= 0.3 is 0 Å². The van der Waals surface area contributed by atoms with Crippen molar-refractivity contribution in [2.45, 2.75) is 25.3 Å². The van der Waals surface area contributed by atoms with E-state index in [-0.39, 0.29) is 41.5 Å². The van der Waals surface area contributed by atoms with Crippen molar-refractivity contribution in [1.29, 1.82) is 0 Å². The van der Waals surface area contributed by atoms with E-state index >= 15 is 0 Å². The molecule has 1 N–H and O–H groups in total. The maximum atomic E-state index is 13.4. The zero-order chi connectivity index (χ0) is 22.0. The largest absolute Gasteiger partial charge is 0.341 e. The molecule has 0 unspecified atom stereocenters. The normalized spacial score (nSPS) is 24.8. The Kier molecular flexibility index (Phi) is 4.50. The summed E-state index contributed by atoms with van der Waals surface area (Å²) in [5, 5.41) is 8.20. The lowest BCUT2D eigenvalue weighted by molar-refractivity contribution is -0.138. The summed E-state index contributed by atoms with van der Waals surface area (Å²) >= 11 is 3.45. The number of pyridine rings is 1. The Balaban J connectivity index is 1.22. The van der Waals surface area contributed by atoms with Crippen molar-refractivity contribution in [3.05, 3.63) is 56.9 Å². The summed E-state index contributed by atoms with van der Waals surface area (Å²) in [7, 11) is 0. The van der Waals surface area contributed by atoms with Gasteiger partial charge in [0.05, 0.1) is 11.4 Å². The molecule has 1 aromatic carbocycles. The molecule has 3 aliphatic heterocycles. The molecule has 2 saturated heterocycles. The highest BCUT2D eigenvalue weighted by Gasteiger charge is 2.42. The number of amides is 2. The van der Waals surface area contributed by atoms with Crippen molar-refractivity contribution >= 4 is 44.5 Å². The molecule has 3 aromatic rings. The topological polar surface area (TPSA) is 91.3 Å². The van der Waals surface area contributed by atoms with Gasteiger partial charge < -0.3 is 9.47 Å². The van der Waals surface area contributed by atoms with Crippen molar-refractivity contribution < 1.29 is 9.59 Å². The first-order valence-electron chi connectivity index (χ1n) is 10.9. The fourth-order valence-corrected chi connectivity index (χ4v) is 5.96. The SMILES string of the molecule is O=C([C@@H]1CC(=O)N(c2n[nH]c3cc(Br)ccc23)C1)N1C[C@@H]2C[C@H](C1)c1cccc(=O)n1C2. The maximum absolute atomic E-state index is 13.4. The minimum atomic E-state index is -0.374. The minimum Gasteiger partial charge on any atom is -0.341 e. The first-order valence-corrected chi connectivity index (χ1v) is 11.7. The van der Waals surface area contributed by atoms with Crippen LogP contribution in [-0.2, 0) is 16.1 Å². The molecule has 2 fully saturated rings. The lowest BCUT2D eigenvalue weighted by Gasteiger charge is -2.43. The molecule has 164 valence electrons. The number of rotatable bonds is 2. The highest BCUT2D eigenvalue weighted by atomic mass is 79.9. The van der Waals surface area contributed by atoms with E-state index in [9.17, 15) is 14.4 Å². The summed E-state index contributed by atoms with van der Waals surface area (Å²) in [6.07, 6.45) is 1.20. The van der Waals surface area contributed by atoms with Gasteiger partial charge in [-0.3, -0.25) is 24.4 Å². The summed E-state index contributed by atoms with van der Waals surface area (Å²) < 4.78 is 2.79. The van der Waals surface area contributed by atoms with Crippen LogP contribution >= 0.6 is 15.9 Å². The van der Waals surface area contributed by atoms with E-state index in [0.717, 1.165) is 27.5 Å². The van der Waals surface area contributed by atoms with Gasteiger partial charge in [0.1, 0.15) is 0 Å². The summed E-state index contributed by atoms with van der Waals surface area (Å²) in [6.45, 7) is 2.23. The van der Waals surface area contributed by atoms with Gasteiger partial charge in [-0.1, -0.05) is 22.0 Å². The van der Waals surface area contributed by atoms with E-state index in [1.165, 1.54) is 0 Å². The van der Waals surface area contributed by atoms with Gasteiger partial charge in [0, 0.05) is 60.1 Å². The van der Waals surface area contributed by atoms with Gasteiger partial charge in [-0.2, -0.15) is 5.10 Å². The van der Waals surface area contributed by atoms with Gasteiger partial charge in [0.2, 0.25) is 11.8 Å². The lowest BCUT2D eigenvalue weighted by Crippen LogP contribution is -2.50. The molecule has 9 heteroatoms. The lowest BCUT2D eigenvalue weighted by atomic mass is 9.82. The van der Waals surface area contributed by atoms with Crippen molar-refractivity contribution in [2.75, 3.05) is 24.5 Å². The third-order valence-corrected chi connectivity index (χ3v) is 7.52. The molecule has 2 aromatic heterocycles. The van der Waals surface area contributed by atoms with Gasteiger partial charge in [0.25, 0.3) is 5.56 Å². The minimum absolute atomic E-state index is 0.0323. The summed E-state index contributed by atoms with van der Waals surface area (Å²) in [4.78, 5) is 42.1. The van der Waals surface area contributed by atoms with Crippen molar-refractivity contribution in [3.63, 3.8) is 0 Å². The number of H-pyrrole nitrogens is 1. The number of hydrogen-bond acceptors (Lipinski definition) is 4. The zero-order valence-electron chi connectivity index (χ0n) is 17.3. The molecular formula is C23H22BrN5O3. The number of nitrogens with one attached hydrogen (secondary N) is 1. The molecule has 3 atom stereocenters. The standard InChI is InChI=1S/C23H22BrN5O3/c24-16-4-5-17-18(8-16)25-26-22(17)29-12-15(7-21(29)31)23(32)27-9-13-6-14(11-27)19-2-1-3-20(30)28(19)10-13/h1-5,8,13-15H,6-7,9-12H2,(H,25,26)/t13-,14+,15+/m0/s1. The monoisotopic (exact) mass is 495 g/mol. The molecule has 0 radical (unpaired) electrons. The number of piperidine rings is 1.